The van der Waals surface area contributed by atoms with E-state index in [-0.39, 0.29) is 15.6 Å². The van der Waals surface area contributed by atoms with Crippen LogP contribution >= 0.6 is 11.6 Å². The highest BCUT2D eigenvalue weighted by Crippen LogP contribution is 2.20. The monoisotopic (exact) mass is 325 g/mol. The molecule has 21 heavy (non-hydrogen) atoms. The third-order valence-corrected chi connectivity index (χ3v) is 4.34. The van der Waals surface area contributed by atoms with Crippen molar-refractivity contribution in [2.45, 2.75) is 11.8 Å². The van der Waals surface area contributed by atoms with Gasteiger partial charge in [-0.15, -0.1) is 0 Å². The molecule has 1 aromatic carbocycles. The van der Waals surface area contributed by atoms with Crippen LogP contribution in [0, 0.1) is 6.92 Å². The second-order valence-electron chi connectivity index (χ2n) is 4.26. The van der Waals surface area contributed by atoms with Gasteiger partial charge in [0.2, 0.25) is 5.91 Å². The van der Waals surface area contributed by atoms with Crippen molar-refractivity contribution in [3.63, 3.8) is 0 Å². The standard InChI is InChI=1S/C13H12ClN3O3S/c1-8-11(6-7-12(14)16-8)17-21(19,20)10-4-2-9(3-5-10)13(15)18/h2-7,17H,1H3,(H2,15,18). The Hall–Kier alpha value is -2.12. The molecule has 2 aromatic rings. The smallest absolute Gasteiger partial charge is 0.261 e. The van der Waals surface area contributed by atoms with Gasteiger partial charge in [-0.3, -0.25) is 9.52 Å². The van der Waals surface area contributed by atoms with Gasteiger partial charge in [0.05, 0.1) is 16.3 Å². The van der Waals surface area contributed by atoms with E-state index in [0.29, 0.717) is 11.4 Å². The number of anilines is 1. The summed E-state index contributed by atoms with van der Waals surface area (Å²) >= 11 is 5.72. The van der Waals surface area contributed by atoms with Crippen molar-refractivity contribution in [2.24, 2.45) is 5.73 Å². The summed E-state index contributed by atoms with van der Waals surface area (Å²) in [6.07, 6.45) is 0. The lowest BCUT2D eigenvalue weighted by Gasteiger charge is -2.10. The number of aromatic nitrogens is 1. The Balaban J connectivity index is 2.31. The van der Waals surface area contributed by atoms with Crippen LogP contribution in [0.1, 0.15) is 16.1 Å². The predicted octanol–water partition coefficient (Wildman–Crippen LogP) is 1.94. The predicted molar refractivity (Wildman–Crippen MR) is 79.8 cm³/mol. The summed E-state index contributed by atoms with van der Waals surface area (Å²) in [5, 5.41) is 0.279. The van der Waals surface area contributed by atoms with Crippen LogP contribution in [0.3, 0.4) is 0 Å². The molecular weight excluding hydrogens is 314 g/mol. The quantitative estimate of drug-likeness (QED) is 0.838. The van der Waals surface area contributed by atoms with Crippen LogP contribution in [0.2, 0.25) is 5.15 Å². The van der Waals surface area contributed by atoms with Gasteiger partial charge < -0.3 is 5.73 Å². The van der Waals surface area contributed by atoms with Gasteiger partial charge in [-0.25, -0.2) is 13.4 Å². The zero-order chi connectivity index (χ0) is 15.6. The number of sulfonamides is 1. The molecule has 1 aromatic heterocycles. The fourth-order valence-electron chi connectivity index (χ4n) is 1.64. The van der Waals surface area contributed by atoms with Crippen molar-refractivity contribution in [2.75, 3.05) is 4.72 Å². The van der Waals surface area contributed by atoms with Crippen molar-refractivity contribution in [1.29, 1.82) is 0 Å². The van der Waals surface area contributed by atoms with Gasteiger partial charge in [0, 0.05) is 5.56 Å². The molecule has 0 unspecified atom stereocenters. The van der Waals surface area contributed by atoms with Crippen molar-refractivity contribution < 1.29 is 13.2 Å². The molecule has 0 atom stereocenters. The van der Waals surface area contributed by atoms with E-state index in [9.17, 15) is 13.2 Å². The maximum Gasteiger partial charge on any atom is 0.261 e. The summed E-state index contributed by atoms with van der Waals surface area (Å²) in [5.74, 6) is -0.621. The number of benzene rings is 1. The Morgan fingerprint density at radius 1 is 1.19 bits per heavy atom. The molecule has 0 spiro atoms. The van der Waals surface area contributed by atoms with E-state index in [1.165, 1.54) is 36.4 Å². The van der Waals surface area contributed by atoms with E-state index in [1.807, 2.05) is 0 Å². The zero-order valence-corrected chi connectivity index (χ0v) is 12.6. The van der Waals surface area contributed by atoms with Crippen molar-refractivity contribution in [1.82, 2.24) is 4.98 Å². The molecule has 0 saturated carbocycles. The number of halogens is 1. The minimum atomic E-state index is -3.78. The Bertz CT molecular complexity index is 789. The number of hydrogen-bond acceptors (Lipinski definition) is 4. The fraction of sp³-hybridized carbons (Fsp3) is 0.0769. The molecule has 3 N–H and O–H groups in total. The molecule has 2 rings (SSSR count). The first-order valence-corrected chi connectivity index (χ1v) is 7.71. The number of nitrogens with zero attached hydrogens (tertiary/aromatic N) is 1. The first-order chi connectivity index (χ1) is 9.79. The van der Waals surface area contributed by atoms with E-state index in [2.05, 4.69) is 9.71 Å². The molecule has 110 valence electrons. The summed E-state index contributed by atoms with van der Waals surface area (Å²) < 4.78 is 26.9. The van der Waals surface area contributed by atoms with Crippen LogP contribution in [-0.4, -0.2) is 19.3 Å². The summed E-state index contributed by atoms with van der Waals surface area (Å²) in [6.45, 7) is 1.64. The number of nitrogens with two attached hydrogens (primary N) is 1. The number of rotatable bonds is 4. The summed E-state index contributed by atoms with van der Waals surface area (Å²) in [5.41, 5.74) is 6.13. The van der Waals surface area contributed by atoms with Gasteiger partial charge in [-0.2, -0.15) is 0 Å². The lowest BCUT2D eigenvalue weighted by molar-refractivity contribution is 0.1000. The lowest BCUT2D eigenvalue weighted by atomic mass is 10.2. The van der Waals surface area contributed by atoms with Crippen LogP contribution in [0.15, 0.2) is 41.3 Å². The lowest BCUT2D eigenvalue weighted by Crippen LogP contribution is -2.15. The second-order valence-corrected chi connectivity index (χ2v) is 6.33. The Morgan fingerprint density at radius 2 is 1.81 bits per heavy atom. The Labute approximate surface area is 127 Å². The molecule has 0 aliphatic rings. The van der Waals surface area contributed by atoms with Crippen molar-refractivity contribution in [3.8, 4) is 0 Å². The van der Waals surface area contributed by atoms with Gasteiger partial charge in [0.1, 0.15) is 5.15 Å². The third-order valence-electron chi connectivity index (χ3n) is 2.75. The molecule has 0 radical (unpaired) electrons. The number of primary amides is 1. The van der Waals surface area contributed by atoms with Crippen LogP contribution in [0.5, 0.6) is 0 Å². The highest BCUT2D eigenvalue weighted by Gasteiger charge is 2.16. The fourth-order valence-corrected chi connectivity index (χ4v) is 2.95. The molecular formula is C13H12ClN3O3S. The average Bonchev–Trinajstić information content (AvgIpc) is 2.42. The minimum absolute atomic E-state index is 0.0156. The van der Waals surface area contributed by atoms with Crippen molar-refractivity contribution in [3.05, 3.63) is 52.8 Å². The maximum absolute atomic E-state index is 12.2. The first kappa shape index (κ1) is 15.3. The van der Waals surface area contributed by atoms with Crippen LogP contribution in [-0.2, 0) is 10.0 Å². The van der Waals surface area contributed by atoms with Gasteiger partial charge >= 0.3 is 0 Å². The number of carbonyl (C=O) groups excluding carboxylic acids is 1. The maximum atomic E-state index is 12.2. The molecule has 6 nitrogen and oxygen atoms in total. The van der Waals surface area contributed by atoms with E-state index >= 15 is 0 Å². The highest BCUT2D eigenvalue weighted by molar-refractivity contribution is 7.92. The number of aryl methyl sites for hydroxylation is 1. The molecule has 0 saturated heterocycles. The summed E-state index contributed by atoms with van der Waals surface area (Å²) in [4.78, 5) is 14.9. The number of pyridine rings is 1. The van der Waals surface area contributed by atoms with E-state index in [1.54, 1.807) is 6.92 Å². The number of amides is 1. The average molecular weight is 326 g/mol. The zero-order valence-electron chi connectivity index (χ0n) is 11.0. The second kappa shape index (κ2) is 5.71. The van der Waals surface area contributed by atoms with E-state index < -0.39 is 15.9 Å². The minimum Gasteiger partial charge on any atom is -0.366 e. The molecule has 8 heteroatoms. The van der Waals surface area contributed by atoms with Crippen LogP contribution < -0.4 is 10.5 Å². The Morgan fingerprint density at radius 3 is 2.33 bits per heavy atom. The molecule has 1 amide bonds. The van der Waals surface area contributed by atoms with E-state index in [4.69, 9.17) is 17.3 Å². The van der Waals surface area contributed by atoms with Gasteiger partial charge in [-0.1, -0.05) is 11.6 Å². The van der Waals surface area contributed by atoms with Crippen LogP contribution in [0.25, 0.3) is 0 Å². The molecule has 0 aliphatic carbocycles. The highest BCUT2D eigenvalue weighted by atomic mass is 35.5. The normalized spacial score (nSPS) is 11.1. The number of nitrogens with one attached hydrogen (secondary N) is 1. The number of hydrogen-bond donors (Lipinski definition) is 2. The molecule has 0 aliphatic heterocycles. The van der Waals surface area contributed by atoms with Gasteiger partial charge in [0.15, 0.2) is 0 Å². The van der Waals surface area contributed by atoms with E-state index in [0.717, 1.165) is 0 Å². The van der Waals surface area contributed by atoms with Gasteiger partial charge in [-0.05, 0) is 43.3 Å². The largest absolute Gasteiger partial charge is 0.366 e. The third kappa shape index (κ3) is 3.50. The first-order valence-electron chi connectivity index (χ1n) is 5.85. The summed E-state index contributed by atoms with van der Waals surface area (Å²) in [7, 11) is -3.78. The molecule has 1 heterocycles. The topological polar surface area (TPSA) is 102 Å². The Kier molecular flexibility index (Phi) is 4.15. The molecule has 0 fully saturated rings. The number of carbonyl (C=O) groups is 1. The van der Waals surface area contributed by atoms with Crippen molar-refractivity contribution >= 4 is 33.2 Å². The van der Waals surface area contributed by atoms with Gasteiger partial charge in [0.25, 0.3) is 10.0 Å². The molecule has 0 bridgehead atoms. The van der Waals surface area contributed by atoms with Crippen LogP contribution in [0.4, 0.5) is 5.69 Å². The SMILES string of the molecule is Cc1nc(Cl)ccc1NS(=O)(=O)c1ccc(C(N)=O)cc1. The summed E-state index contributed by atoms with van der Waals surface area (Å²) in [6, 6.07) is 8.33.